The second-order valence-electron chi connectivity index (χ2n) is 5.11. The summed E-state index contributed by atoms with van der Waals surface area (Å²) in [6.45, 7) is 6.34. The zero-order valence-electron chi connectivity index (χ0n) is 12.3. The van der Waals surface area contributed by atoms with E-state index in [-0.39, 0.29) is 6.10 Å². The quantitative estimate of drug-likeness (QED) is 0.900. The van der Waals surface area contributed by atoms with Gasteiger partial charge in [-0.05, 0) is 18.8 Å². The van der Waals surface area contributed by atoms with Crippen molar-refractivity contribution in [1.29, 1.82) is 0 Å². The third-order valence-corrected chi connectivity index (χ3v) is 4.00. The lowest BCUT2D eigenvalue weighted by molar-refractivity contribution is 0.0496. The van der Waals surface area contributed by atoms with Gasteiger partial charge in [-0.3, -0.25) is 0 Å². The van der Waals surface area contributed by atoms with Crippen molar-refractivity contribution < 1.29 is 4.74 Å². The number of rotatable bonds is 4. The molecule has 19 heavy (non-hydrogen) atoms. The lowest BCUT2D eigenvalue weighted by Crippen LogP contribution is -2.44. The van der Waals surface area contributed by atoms with Gasteiger partial charge in [-0.1, -0.05) is 13.8 Å². The molecule has 1 aliphatic rings. The molecule has 2 heterocycles. The Labute approximate surface area is 115 Å². The summed E-state index contributed by atoms with van der Waals surface area (Å²) in [6, 6.07) is 0. The minimum absolute atomic E-state index is 0.284. The number of piperidine rings is 1. The van der Waals surface area contributed by atoms with Gasteiger partial charge in [0.1, 0.15) is 18.0 Å². The first kappa shape index (κ1) is 14.1. The van der Waals surface area contributed by atoms with Gasteiger partial charge in [-0.2, -0.15) is 0 Å². The number of anilines is 2. The van der Waals surface area contributed by atoms with Gasteiger partial charge in [0.05, 0.1) is 6.10 Å². The van der Waals surface area contributed by atoms with Crippen LogP contribution in [-0.2, 0) is 11.2 Å². The highest BCUT2D eigenvalue weighted by Gasteiger charge is 2.28. The van der Waals surface area contributed by atoms with Crippen LogP contribution in [0.15, 0.2) is 6.33 Å². The van der Waals surface area contributed by atoms with Crippen molar-refractivity contribution in [2.75, 3.05) is 37.5 Å². The van der Waals surface area contributed by atoms with Crippen LogP contribution >= 0.6 is 0 Å². The molecular weight excluding hydrogens is 240 g/mol. The molecule has 0 spiro atoms. The maximum absolute atomic E-state index is 5.58. The molecule has 0 amide bonds. The number of nitrogens with one attached hydrogen (secondary N) is 1. The van der Waals surface area contributed by atoms with E-state index in [2.05, 4.69) is 34.0 Å². The van der Waals surface area contributed by atoms with E-state index in [4.69, 9.17) is 4.74 Å². The highest BCUT2D eigenvalue weighted by Crippen LogP contribution is 2.28. The van der Waals surface area contributed by atoms with Crippen molar-refractivity contribution >= 4 is 11.6 Å². The molecule has 106 valence electrons. The molecule has 1 aromatic heterocycles. The van der Waals surface area contributed by atoms with Crippen LogP contribution in [0.25, 0.3) is 0 Å². The van der Waals surface area contributed by atoms with Crippen LogP contribution in [0.5, 0.6) is 0 Å². The van der Waals surface area contributed by atoms with Crippen molar-refractivity contribution in [3.8, 4) is 0 Å². The third-order valence-electron chi connectivity index (χ3n) is 4.00. The Balaban J connectivity index is 2.26. The summed E-state index contributed by atoms with van der Waals surface area (Å²) in [6.07, 6.45) is 3.99. The molecular formula is C14H24N4O. The number of nitrogens with zero attached hydrogens (tertiary/aromatic N) is 3. The Kier molecular flexibility index (Phi) is 4.58. The van der Waals surface area contributed by atoms with E-state index in [9.17, 15) is 0 Å². The predicted molar refractivity (Wildman–Crippen MR) is 77.7 cm³/mol. The second kappa shape index (κ2) is 6.19. The molecule has 1 saturated heterocycles. The number of methoxy groups -OCH3 is 1. The molecule has 1 fully saturated rings. The molecule has 2 unspecified atom stereocenters. The Morgan fingerprint density at radius 2 is 2.26 bits per heavy atom. The minimum atomic E-state index is 0.284. The molecule has 0 saturated carbocycles. The van der Waals surface area contributed by atoms with Gasteiger partial charge in [0, 0.05) is 32.8 Å². The minimum Gasteiger partial charge on any atom is -0.379 e. The van der Waals surface area contributed by atoms with Crippen LogP contribution < -0.4 is 10.2 Å². The summed E-state index contributed by atoms with van der Waals surface area (Å²) >= 11 is 0. The van der Waals surface area contributed by atoms with Gasteiger partial charge in [-0.25, -0.2) is 9.97 Å². The van der Waals surface area contributed by atoms with Crippen molar-refractivity contribution in [3.05, 3.63) is 11.9 Å². The summed E-state index contributed by atoms with van der Waals surface area (Å²) < 4.78 is 5.58. The number of hydrogen-bond acceptors (Lipinski definition) is 5. The van der Waals surface area contributed by atoms with Gasteiger partial charge >= 0.3 is 0 Å². The zero-order chi connectivity index (χ0) is 13.8. The Hall–Kier alpha value is -1.36. The zero-order valence-corrected chi connectivity index (χ0v) is 12.3. The topological polar surface area (TPSA) is 50.3 Å². The normalized spacial score (nSPS) is 23.5. The lowest BCUT2D eigenvalue weighted by Gasteiger charge is -2.37. The van der Waals surface area contributed by atoms with Crippen LogP contribution in [0.2, 0.25) is 0 Å². The van der Waals surface area contributed by atoms with Gasteiger partial charge in [0.25, 0.3) is 0 Å². The van der Waals surface area contributed by atoms with Crippen molar-refractivity contribution in [2.45, 2.75) is 32.8 Å². The number of hydrogen-bond donors (Lipinski definition) is 1. The number of ether oxygens (including phenoxy) is 1. The fourth-order valence-electron chi connectivity index (χ4n) is 2.75. The molecule has 0 aromatic carbocycles. The predicted octanol–water partition coefficient (Wildman–Crippen LogP) is 1.94. The molecule has 1 N–H and O–H groups in total. The summed E-state index contributed by atoms with van der Waals surface area (Å²) in [7, 11) is 3.70. The fourth-order valence-corrected chi connectivity index (χ4v) is 2.75. The molecule has 2 atom stereocenters. The van der Waals surface area contributed by atoms with Crippen molar-refractivity contribution in [2.24, 2.45) is 5.92 Å². The average molecular weight is 264 g/mol. The maximum atomic E-state index is 5.58. The van der Waals surface area contributed by atoms with E-state index in [1.807, 2.05) is 7.05 Å². The highest BCUT2D eigenvalue weighted by molar-refractivity contribution is 5.58. The Morgan fingerprint density at radius 1 is 1.47 bits per heavy atom. The fraction of sp³-hybridized carbons (Fsp3) is 0.714. The SMILES string of the molecule is CCc1c(NC)ncnc1N1CCC(C)C(OC)C1. The largest absolute Gasteiger partial charge is 0.379 e. The molecule has 1 aromatic rings. The van der Waals surface area contributed by atoms with Gasteiger partial charge in [0.15, 0.2) is 0 Å². The van der Waals surface area contributed by atoms with Gasteiger partial charge < -0.3 is 15.0 Å². The molecule has 5 nitrogen and oxygen atoms in total. The first-order chi connectivity index (χ1) is 9.21. The van der Waals surface area contributed by atoms with Gasteiger partial charge in [0.2, 0.25) is 0 Å². The maximum Gasteiger partial charge on any atom is 0.137 e. The van der Waals surface area contributed by atoms with E-state index in [0.717, 1.165) is 37.6 Å². The molecule has 1 aliphatic heterocycles. The molecule has 0 aliphatic carbocycles. The average Bonchev–Trinajstić information content (AvgIpc) is 2.46. The number of aromatic nitrogens is 2. The van der Waals surface area contributed by atoms with Crippen molar-refractivity contribution in [3.63, 3.8) is 0 Å². The van der Waals surface area contributed by atoms with E-state index < -0.39 is 0 Å². The first-order valence-electron chi connectivity index (χ1n) is 7.00. The molecule has 0 bridgehead atoms. The Bertz CT molecular complexity index is 424. The van der Waals surface area contributed by atoms with Crippen LogP contribution in [0.3, 0.4) is 0 Å². The van der Waals surface area contributed by atoms with Crippen LogP contribution in [0, 0.1) is 5.92 Å². The van der Waals surface area contributed by atoms with E-state index >= 15 is 0 Å². The van der Waals surface area contributed by atoms with Gasteiger partial charge in [-0.15, -0.1) is 0 Å². The van der Waals surface area contributed by atoms with E-state index in [1.165, 1.54) is 5.56 Å². The molecule has 2 rings (SSSR count). The van der Waals surface area contributed by atoms with Crippen LogP contribution in [0.4, 0.5) is 11.6 Å². The lowest BCUT2D eigenvalue weighted by atomic mass is 9.95. The Morgan fingerprint density at radius 3 is 2.89 bits per heavy atom. The van der Waals surface area contributed by atoms with E-state index in [0.29, 0.717) is 5.92 Å². The molecule has 0 radical (unpaired) electrons. The summed E-state index contributed by atoms with van der Waals surface area (Å²) in [4.78, 5) is 11.1. The van der Waals surface area contributed by atoms with Crippen molar-refractivity contribution in [1.82, 2.24) is 9.97 Å². The summed E-state index contributed by atoms with van der Waals surface area (Å²) in [5, 5.41) is 3.15. The monoisotopic (exact) mass is 264 g/mol. The standard InChI is InChI=1S/C14H24N4O/c1-5-11-13(15-3)16-9-17-14(11)18-7-6-10(2)12(8-18)19-4/h9-10,12H,5-8H2,1-4H3,(H,15,16,17). The van der Waals surface area contributed by atoms with Crippen LogP contribution in [0.1, 0.15) is 25.8 Å². The van der Waals surface area contributed by atoms with E-state index in [1.54, 1.807) is 13.4 Å². The third kappa shape index (κ3) is 2.81. The summed E-state index contributed by atoms with van der Waals surface area (Å²) in [5.41, 5.74) is 1.19. The smallest absolute Gasteiger partial charge is 0.137 e. The summed E-state index contributed by atoms with van der Waals surface area (Å²) in [5.74, 6) is 2.59. The second-order valence-corrected chi connectivity index (χ2v) is 5.11. The van der Waals surface area contributed by atoms with Crippen LogP contribution in [-0.4, -0.2) is 43.3 Å². The molecule has 5 heteroatoms. The highest BCUT2D eigenvalue weighted by atomic mass is 16.5. The first-order valence-corrected chi connectivity index (χ1v) is 7.00.